The lowest BCUT2D eigenvalue weighted by atomic mass is 10.0. The summed E-state index contributed by atoms with van der Waals surface area (Å²) in [5, 5.41) is 0. The molecule has 0 N–H and O–H groups in total. The van der Waals surface area contributed by atoms with E-state index in [1.807, 2.05) is 24.3 Å². The van der Waals surface area contributed by atoms with Gasteiger partial charge in [0.15, 0.2) is 15.6 Å². The minimum absolute atomic E-state index is 0.0711. The van der Waals surface area contributed by atoms with Crippen molar-refractivity contribution in [3.63, 3.8) is 0 Å². The maximum Gasteiger partial charge on any atom is 0.219 e. The molecule has 4 aromatic rings. The van der Waals surface area contributed by atoms with E-state index in [-0.39, 0.29) is 22.3 Å². The lowest BCUT2D eigenvalue weighted by Gasteiger charge is -2.08. The van der Waals surface area contributed by atoms with Gasteiger partial charge in [0.2, 0.25) is 5.88 Å². The highest BCUT2D eigenvalue weighted by molar-refractivity contribution is 7.90. The number of hydrogen-bond acceptors (Lipinski definition) is 5. The SMILES string of the molecule is O=C(c1ccccc1)c1ccc(Oc2ccc(S(=O)(=O)Cc3ccccc3)cn2)cc1. The lowest BCUT2D eigenvalue weighted by Crippen LogP contribution is -2.05. The molecular weight excluding hydrogens is 410 g/mol. The van der Waals surface area contributed by atoms with Crippen LogP contribution in [0.2, 0.25) is 0 Å². The number of hydrogen-bond donors (Lipinski definition) is 0. The Morgan fingerprint density at radius 2 is 1.35 bits per heavy atom. The zero-order valence-electron chi connectivity index (χ0n) is 16.5. The molecule has 0 aliphatic heterocycles. The number of ketones is 1. The van der Waals surface area contributed by atoms with Crippen LogP contribution in [0, 0.1) is 0 Å². The first-order valence-corrected chi connectivity index (χ1v) is 11.3. The molecule has 0 fully saturated rings. The Labute approximate surface area is 180 Å². The molecule has 0 aliphatic rings. The maximum atomic E-state index is 12.6. The Kier molecular flexibility index (Phi) is 5.91. The average Bonchev–Trinajstić information content (AvgIpc) is 2.80. The van der Waals surface area contributed by atoms with Crippen LogP contribution in [0.3, 0.4) is 0 Å². The predicted molar refractivity (Wildman–Crippen MR) is 118 cm³/mol. The van der Waals surface area contributed by atoms with Crippen LogP contribution < -0.4 is 4.74 Å². The van der Waals surface area contributed by atoms with E-state index in [0.29, 0.717) is 22.4 Å². The van der Waals surface area contributed by atoms with Crippen molar-refractivity contribution in [2.75, 3.05) is 0 Å². The summed E-state index contributed by atoms with van der Waals surface area (Å²) in [6, 6.07) is 27.7. The second-order valence-corrected chi connectivity index (χ2v) is 8.89. The fourth-order valence-electron chi connectivity index (χ4n) is 3.04. The van der Waals surface area contributed by atoms with Gasteiger partial charge in [-0.3, -0.25) is 4.79 Å². The molecule has 3 aromatic carbocycles. The van der Waals surface area contributed by atoms with E-state index in [2.05, 4.69) is 4.98 Å². The van der Waals surface area contributed by atoms with Gasteiger partial charge >= 0.3 is 0 Å². The van der Waals surface area contributed by atoms with Crippen molar-refractivity contribution in [3.8, 4) is 11.6 Å². The van der Waals surface area contributed by atoms with Crippen molar-refractivity contribution >= 4 is 15.6 Å². The molecule has 0 aliphatic carbocycles. The topological polar surface area (TPSA) is 73.3 Å². The number of carbonyl (C=O) groups excluding carboxylic acids is 1. The summed E-state index contributed by atoms with van der Waals surface area (Å²) in [6.07, 6.45) is 1.29. The van der Waals surface area contributed by atoms with E-state index in [1.165, 1.54) is 18.3 Å². The molecule has 154 valence electrons. The standard InChI is InChI=1S/C25H19NO4S/c27-25(20-9-5-2-6-10-20)21-11-13-22(14-12-21)30-24-16-15-23(17-26-24)31(28,29)18-19-7-3-1-4-8-19/h1-17H,18H2. The van der Waals surface area contributed by atoms with Crippen LogP contribution in [0.5, 0.6) is 11.6 Å². The van der Waals surface area contributed by atoms with E-state index >= 15 is 0 Å². The number of aromatic nitrogens is 1. The van der Waals surface area contributed by atoms with Gasteiger partial charge in [0.05, 0.1) is 10.6 Å². The third-order valence-electron chi connectivity index (χ3n) is 4.64. The molecule has 31 heavy (non-hydrogen) atoms. The highest BCUT2D eigenvalue weighted by atomic mass is 32.2. The molecule has 0 radical (unpaired) electrons. The Hall–Kier alpha value is -3.77. The van der Waals surface area contributed by atoms with Crippen molar-refractivity contribution in [1.29, 1.82) is 0 Å². The number of sulfone groups is 1. The van der Waals surface area contributed by atoms with Gasteiger partial charge in [-0.2, -0.15) is 0 Å². The van der Waals surface area contributed by atoms with Gasteiger partial charge in [-0.1, -0.05) is 60.7 Å². The van der Waals surface area contributed by atoms with Crippen LogP contribution in [0.15, 0.2) is 108 Å². The number of rotatable bonds is 7. The smallest absolute Gasteiger partial charge is 0.219 e. The summed E-state index contributed by atoms with van der Waals surface area (Å²) < 4.78 is 30.8. The number of ether oxygens (including phenoxy) is 1. The molecule has 0 unspecified atom stereocenters. The van der Waals surface area contributed by atoms with Gasteiger partial charge in [-0.15, -0.1) is 0 Å². The summed E-state index contributed by atoms with van der Waals surface area (Å²) in [7, 11) is -3.50. The highest BCUT2D eigenvalue weighted by Crippen LogP contribution is 2.23. The second kappa shape index (κ2) is 8.93. The van der Waals surface area contributed by atoms with Gasteiger partial charge in [0.25, 0.3) is 0 Å². The number of carbonyl (C=O) groups is 1. The van der Waals surface area contributed by atoms with E-state index in [1.54, 1.807) is 60.7 Å². The second-order valence-electron chi connectivity index (χ2n) is 6.90. The van der Waals surface area contributed by atoms with Crippen LogP contribution >= 0.6 is 0 Å². The van der Waals surface area contributed by atoms with Crippen LogP contribution in [0.4, 0.5) is 0 Å². The molecular formula is C25H19NO4S. The molecule has 6 heteroatoms. The van der Waals surface area contributed by atoms with Crippen molar-refractivity contribution in [2.24, 2.45) is 0 Å². The molecule has 0 atom stereocenters. The minimum atomic E-state index is -3.50. The molecule has 0 saturated carbocycles. The quantitative estimate of drug-likeness (QED) is 0.383. The van der Waals surface area contributed by atoms with E-state index < -0.39 is 9.84 Å². The van der Waals surface area contributed by atoms with Gasteiger partial charge in [0.1, 0.15) is 5.75 Å². The van der Waals surface area contributed by atoms with Gasteiger partial charge in [-0.25, -0.2) is 13.4 Å². The molecule has 0 bridgehead atoms. The summed E-state index contributed by atoms with van der Waals surface area (Å²) in [5.74, 6) is 0.600. The fourth-order valence-corrected chi connectivity index (χ4v) is 4.33. The number of nitrogens with zero attached hydrogens (tertiary/aromatic N) is 1. The molecule has 0 saturated heterocycles. The van der Waals surface area contributed by atoms with E-state index in [9.17, 15) is 13.2 Å². The maximum absolute atomic E-state index is 12.6. The average molecular weight is 429 g/mol. The molecule has 0 spiro atoms. The number of benzene rings is 3. The first kappa shape index (κ1) is 20.5. The third-order valence-corrected chi connectivity index (χ3v) is 6.32. The van der Waals surface area contributed by atoms with Crippen LogP contribution in [-0.2, 0) is 15.6 Å². The van der Waals surface area contributed by atoms with Crippen molar-refractivity contribution < 1.29 is 17.9 Å². The Bertz CT molecular complexity index is 1270. The normalized spacial score (nSPS) is 11.1. The summed E-state index contributed by atoms with van der Waals surface area (Å²) >= 11 is 0. The molecule has 1 aromatic heterocycles. The molecule has 5 nitrogen and oxygen atoms in total. The van der Waals surface area contributed by atoms with Crippen LogP contribution in [0.25, 0.3) is 0 Å². The Morgan fingerprint density at radius 1 is 0.742 bits per heavy atom. The monoisotopic (exact) mass is 429 g/mol. The number of pyridine rings is 1. The molecule has 1 heterocycles. The van der Waals surface area contributed by atoms with Crippen LogP contribution in [-0.4, -0.2) is 19.2 Å². The van der Waals surface area contributed by atoms with Gasteiger partial charge < -0.3 is 4.74 Å². The van der Waals surface area contributed by atoms with E-state index in [4.69, 9.17) is 4.74 Å². The van der Waals surface area contributed by atoms with E-state index in [0.717, 1.165) is 0 Å². The predicted octanol–water partition coefficient (Wildman–Crippen LogP) is 5.08. The van der Waals surface area contributed by atoms with Crippen molar-refractivity contribution in [2.45, 2.75) is 10.6 Å². The Morgan fingerprint density at radius 3 is 1.97 bits per heavy atom. The largest absolute Gasteiger partial charge is 0.439 e. The third kappa shape index (κ3) is 5.05. The molecule has 4 rings (SSSR count). The van der Waals surface area contributed by atoms with Crippen molar-refractivity contribution in [1.82, 2.24) is 4.98 Å². The van der Waals surface area contributed by atoms with Gasteiger partial charge in [0, 0.05) is 23.4 Å². The van der Waals surface area contributed by atoms with Crippen LogP contribution in [0.1, 0.15) is 21.5 Å². The van der Waals surface area contributed by atoms with Gasteiger partial charge in [-0.05, 0) is 35.9 Å². The fraction of sp³-hybridized carbons (Fsp3) is 0.0400. The van der Waals surface area contributed by atoms with Crippen molar-refractivity contribution in [3.05, 3.63) is 120 Å². The first-order valence-electron chi connectivity index (χ1n) is 9.62. The lowest BCUT2D eigenvalue weighted by molar-refractivity contribution is 0.103. The summed E-state index contributed by atoms with van der Waals surface area (Å²) in [5.41, 5.74) is 1.88. The summed E-state index contributed by atoms with van der Waals surface area (Å²) in [6.45, 7) is 0. The summed E-state index contributed by atoms with van der Waals surface area (Å²) in [4.78, 5) is 16.7. The minimum Gasteiger partial charge on any atom is -0.439 e. The Balaban J connectivity index is 1.44. The molecule has 0 amide bonds. The first-order chi connectivity index (χ1) is 15.0. The highest BCUT2D eigenvalue weighted by Gasteiger charge is 2.16. The zero-order chi connectivity index (χ0) is 21.7. The zero-order valence-corrected chi connectivity index (χ0v) is 17.3.